The fourth-order valence-corrected chi connectivity index (χ4v) is 7.38. The van der Waals surface area contributed by atoms with E-state index in [1.807, 2.05) is 21.7 Å². The highest BCUT2D eigenvalue weighted by Gasteiger charge is 2.38. The zero-order valence-corrected chi connectivity index (χ0v) is 19.9. The molecule has 1 unspecified atom stereocenters. The zero-order chi connectivity index (χ0) is 22.0. The predicted octanol–water partition coefficient (Wildman–Crippen LogP) is 3.93. The Hall–Kier alpha value is -1.80. The summed E-state index contributed by atoms with van der Waals surface area (Å²) in [6.07, 6.45) is 9.62. The van der Waals surface area contributed by atoms with Crippen molar-refractivity contribution in [1.82, 2.24) is 14.5 Å². The second-order valence-corrected chi connectivity index (χ2v) is 11.9. The van der Waals surface area contributed by atoms with Gasteiger partial charge in [-0.2, -0.15) is 0 Å². The van der Waals surface area contributed by atoms with Crippen LogP contribution in [0.1, 0.15) is 49.7 Å². The van der Waals surface area contributed by atoms with Crippen LogP contribution in [0.3, 0.4) is 0 Å². The van der Waals surface area contributed by atoms with Gasteiger partial charge in [0.1, 0.15) is 0 Å². The molecule has 0 N–H and O–H groups in total. The molecule has 1 aliphatic heterocycles. The zero-order valence-electron chi connectivity index (χ0n) is 18.3. The maximum atomic E-state index is 13.4. The van der Waals surface area contributed by atoms with Gasteiger partial charge in [0.2, 0.25) is 5.91 Å². The Morgan fingerprint density at radius 2 is 1.94 bits per heavy atom. The van der Waals surface area contributed by atoms with Gasteiger partial charge in [-0.3, -0.25) is 9.36 Å². The first-order valence-corrected chi connectivity index (χ1v) is 13.9. The Kier molecular flexibility index (Phi) is 6.77. The average Bonchev–Trinajstić information content (AvgIpc) is 3.35. The molecule has 4 rings (SSSR count). The van der Waals surface area contributed by atoms with Gasteiger partial charge in [-0.1, -0.05) is 43.2 Å². The minimum absolute atomic E-state index is 0.0366. The smallest absolute Gasteiger partial charge is 0.233 e. The minimum atomic E-state index is -3.04. The normalized spacial score (nSPS) is 21.3. The lowest BCUT2D eigenvalue weighted by atomic mass is 9.93. The molecule has 0 radical (unpaired) electrons. The first-order chi connectivity index (χ1) is 14.9. The van der Waals surface area contributed by atoms with E-state index in [1.54, 1.807) is 6.20 Å². The molecule has 8 heteroatoms. The van der Waals surface area contributed by atoms with E-state index in [-0.39, 0.29) is 35.2 Å². The van der Waals surface area contributed by atoms with Crippen molar-refractivity contribution in [1.29, 1.82) is 0 Å². The van der Waals surface area contributed by atoms with Crippen LogP contribution in [0.4, 0.5) is 0 Å². The molecule has 0 bridgehead atoms. The average molecular weight is 462 g/mol. The fourth-order valence-electron chi connectivity index (χ4n) is 4.84. The third kappa shape index (κ3) is 5.00. The standard InChI is InChI=1S/C23H31N3O3S2/c1-17-7-6-10-21(18(17)2)25-13-12-24-23(25)30-15-22(27)26(19-8-4-3-5-9-19)20-11-14-31(28,29)16-20/h6-7,10,12-13,19-20H,3-5,8-9,11,14-16H2,1-2H3. The third-order valence-corrected chi connectivity index (χ3v) is 9.33. The Balaban J connectivity index is 1.51. The first kappa shape index (κ1) is 22.4. The molecule has 1 saturated heterocycles. The van der Waals surface area contributed by atoms with Crippen LogP contribution >= 0.6 is 11.8 Å². The number of benzene rings is 1. The largest absolute Gasteiger partial charge is 0.335 e. The number of aryl methyl sites for hydroxylation is 1. The molecular weight excluding hydrogens is 430 g/mol. The Labute approximate surface area is 189 Å². The maximum absolute atomic E-state index is 13.4. The quantitative estimate of drug-likeness (QED) is 0.610. The van der Waals surface area contributed by atoms with E-state index >= 15 is 0 Å². The van der Waals surface area contributed by atoms with Crippen LogP contribution in [0.15, 0.2) is 35.7 Å². The van der Waals surface area contributed by atoms with Crippen molar-refractivity contribution in [3.8, 4) is 5.69 Å². The van der Waals surface area contributed by atoms with E-state index in [0.29, 0.717) is 6.42 Å². The van der Waals surface area contributed by atoms with E-state index in [4.69, 9.17) is 0 Å². The summed E-state index contributed by atoms with van der Waals surface area (Å²) in [5, 5.41) is 0.782. The number of carbonyl (C=O) groups excluding carboxylic acids is 1. The van der Waals surface area contributed by atoms with Crippen molar-refractivity contribution in [2.45, 2.75) is 69.6 Å². The number of sulfone groups is 1. The lowest BCUT2D eigenvalue weighted by Crippen LogP contribution is -2.49. The first-order valence-electron chi connectivity index (χ1n) is 11.1. The van der Waals surface area contributed by atoms with Crippen LogP contribution in [0.5, 0.6) is 0 Å². The second kappa shape index (κ2) is 9.36. The molecule has 2 aliphatic rings. The van der Waals surface area contributed by atoms with Crippen LogP contribution in [0.2, 0.25) is 0 Å². The fraction of sp³-hybridized carbons (Fsp3) is 0.565. The topological polar surface area (TPSA) is 72.3 Å². The molecule has 2 heterocycles. The van der Waals surface area contributed by atoms with Gasteiger partial charge in [0.05, 0.1) is 22.9 Å². The highest BCUT2D eigenvalue weighted by molar-refractivity contribution is 7.99. The number of nitrogens with zero attached hydrogens (tertiary/aromatic N) is 3. The number of aromatic nitrogens is 2. The Bertz CT molecular complexity index is 1040. The number of carbonyl (C=O) groups is 1. The van der Waals surface area contributed by atoms with Crippen LogP contribution < -0.4 is 0 Å². The lowest BCUT2D eigenvalue weighted by Gasteiger charge is -2.38. The van der Waals surface area contributed by atoms with Gasteiger partial charge in [0.15, 0.2) is 15.0 Å². The summed E-state index contributed by atoms with van der Waals surface area (Å²) in [5.74, 6) is 0.610. The molecule has 0 spiro atoms. The SMILES string of the molecule is Cc1cccc(-n2ccnc2SCC(=O)N(C2CCCCC2)C2CCS(=O)(=O)C2)c1C. The molecule has 2 fully saturated rings. The number of thioether (sulfide) groups is 1. The summed E-state index contributed by atoms with van der Waals surface area (Å²) in [6.45, 7) is 4.18. The van der Waals surface area contributed by atoms with Gasteiger partial charge in [0, 0.05) is 24.5 Å². The molecule has 1 amide bonds. The van der Waals surface area contributed by atoms with E-state index in [9.17, 15) is 13.2 Å². The minimum Gasteiger partial charge on any atom is -0.335 e. The molecular formula is C23H31N3O3S2. The van der Waals surface area contributed by atoms with E-state index in [0.717, 1.165) is 36.5 Å². The molecule has 2 aromatic rings. The van der Waals surface area contributed by atoms with Gasteiger partial charge in [-0.15, -0.1) is 0 Å². The number of hydrogen-bond donors (Lipinski definition) is 0. The molecule has 1 atom stereocenters. The number of rotatable bonds is 6. The molecule has 1 saturated carbocycles. The Morgan fingerprint density at radius 3 is 2.65 bits per heavy atom. The van der Waals surface area contributed by atoms with Gasteiger partial charge in [0.25, 0.3) is 0 Å². The summed E-state index contributed by atoms with van der Waals surface area (Å²) in [4.78, 5) is 19.8. The maximum Gasteiger partial charge on any atom is 0.233 e. The molecule has 1 aliphatic carbocycles. The Morgan fingerprint density at radius 1 is 1.16 bits per heavy atom. The predicted molar refractivity (Wildman–Crippen MR) is 125 cm³/mol. The lowest BCUT2D eigenvalue weighted by molar-refractivity contribution is -0.133. The summed E-state index contributed by atoms with van der Waals surface area (Å²) in [5.41, 5.74) is 3.47. The van der Waals surface area contributed by atoms with Crippen LogP contribution in [0, 0.1) is 13.8 Å². The van der Waals surface area contributed by atoms with Crippen LogP contribution in [-0.4, -0.2) is 58.1 Å². The highest BCUT2D eigenvalue weighted by atomic mass is 32.2. The van der Waals surface area contributed by atoms with Crippen molar-refractivity contribution in [2.75, 3.05) is 17.3 Å². The number of hydrogen-bond acceptors (Lipinski definition) is 5. The van der Waals surface area contributed by atoms with Crippen molar-refractivity contribution >= 4 is 27.5 Å². The molecule has 168 valence electrons. The molecule has 1 aromatic carbocycles. The van der Waals surface area contributed by atoms with E-state index in [2.05, 4.69) is 31.0 Å². The summed E-state index contributed by atoms with van der Waals surface area (Å²) in [6, 6.07) is 6.17. The molecule has 1 aromatic heterocycles. The number of imidazole rings is 1. The van der Waals surface area contributed by atoms with Crippen molar-refractivity contribution in [2.24, 2.45) is 0 Å². The van der Waals surface area contributed by atoms with Gasteiger partial charge < -0.3 is 4.90 Å². The van der Waals surface area contributed by atoms with Crippen LogP contribution in [0.25, 0.3) is 5.69 Å². The van der Waals surface area contributed by atoms with Crippen molar-refractivity contribution < 1.29 is 13.2 Å². The van der Waals surface area contributed by atoms with Crippen molar-refractivity contribution in [3.63, 3.8) is 0 Å². The molecule has 31 heavy (non-hydrogen) atoms. The highest BCUT2D eigenvalue weighted by Crippen LogP contribution is 2.30. The monoisotopic (exact) mass is 461 g/mol. The summed E-state index contributed by atoms with van der Waals surface area (Å²) in [7, 11) is -3.04. The third-order valence-electron chi connectivity index (χ3n) is 6.62. The summed E-state index contributed by atoms with van der Waals surface area (Å²) < 4.78 is 26.2. The van der Waals surface area contributed by atoms with Crippen molar-refractivity contribution in [3.05, 3.63) is 41.7 Å². The van der Waals surface area contributed by atoms with Gasteiger partial charge in [-0.25, -0.2) is 13.4 Å². The van der Waals surface area contributed by atoms with Crippen LogP contribution in [-0.2, 0) is 14.6 Å². The van der Waals surface area contributed by atoms with E-state index < -0.39 is 9.84 Å². The van der Waals surface area contributed by atoms with E-state index in [1.165, 1.54) is 29.3 Å². The van der Waals surface area contributed by atoms with Gasteiger partial charge >= 0.3 is 0 Å². The van der Waals surface area contributed by atoms with Gasteiger partial charge in [-0.05, 0) is 50.3 Å². The molecule has 6 nitrogen and oxygen atoms in total. The number of amides is 1. The summed E-state index contributed by atoms with van der Waals surface area (Å²) >= 11 is 1.43. The second-order valence-electron chi connectivity index (χ2n) is 8.74.